The largest absolute Gasteiger partial charge is 0.493 e. The molecule has 0 aliphatic carbocycles. The molecule has 6 heteroatoms. The molecule has 0 unspecified atom stereocenters. The monoisotopic (exact) mass is 317 g/mol. The zero-order valence-electron chi connectivity index (χ0n) is 12.7. The summed E-state index contributed by atoms with van der Waals surface area (Å²) in [4.78, 5) is 15.2. The second-order valence-electron chi connectivity index (χ2n) is 4.72. The van der Waals surface area contributed by atoms with E-state index in [1.165, 1.54) is 32.4 Å². The molecule has 0 fully saturated rings. The lowest BCUT2D eigenvalue weighted by Gasteiger charge is -2.15. The Hall–Kier alpha value is -2.89. The van der Waals surface area contributed by atoms with Gasteiger partial charge in [-0.15, -0.1) is 0 Å². The first-order chi connectivity index (χ1) is 11.0. The number of carboxylic acid groups (broad SMARTS) is 1. The maximum Gasteiger partial charge on any atom is 0.344 e. The van der Waals surface area contributed by atoms with Crippen molar-refractivity contribution in [2.24, 2.45) is 4.99 Å². The van der Waals surface area contributed by atoms with Gasteiger partial charge in [-0.2, -0.15) is 0 Å². The number of aliphatic carboxylic acids is 1. The Balaban J connectivity index is 2.35. The van der Waals surface area contributed by atoms with E-state index >= 15 is 0 Å². The normalized spacial score (nSPS) is 12.1. The van der Waals surface area contributed by atoms with Crippen molar-refractivity contribution >= 4 is 17.9 Å². The summed E-state index contributed by atoms with van der Waals surface area (Å²) in [6, 6.07) is 10.9. The standard InChI is InChI=1S/C17H16FNO4/c1-11(17(20)21)23-16-12(5-3-8-15(16)22-2)10-19-14-7-4-6-13(18)9-14/h3-11H,1-2H3,(H,20,21)/t11-/m0/s1. The highest BCUT2D eigenvalue weighted by atomic mass is 19.1. The average molecular weight is 317 g/mol. The molecule has 0 heterocycles. The number of ether oxygens (including phenoxy) is 2. The van der Waals surface area contributed by atoms with Crippen molar-refractivity contribution in [2.75, 3.05) is 7.11 Å². The van der Waals surface area contributed by atoms with Crippen molar-refractivity contribution in [1.29, 1.82) is 0 Å². The predicted molar refractivity (Wildman–Crippen MR) is 84.4 cm³/mol. The SMILES string of the molecule is COc1cccc(C=Nc2cccc(F)c2)c1O[C@@H](C)C(=O)O. The highest BCUT2D eigenvalue weighted by Crippen LogP contribution is 2.31. The van der Waals surface area contributed by atoms with Crippen LogP contribution in [0, 0.1) is 5.82 Å². The smallest absolute Gasteiger partial charge is 0.344 e. The van der Waals surface area contributed by atoms with Gasteiger partial charge in [-0.25, -0.2) is 9.18 Å². The third-order valence-electron chi connectivity index (χ3n) is 3.03. The lowest BCUT2D eigenvalue weighted by molar-refractivity contribution is -0.144. The number of para-hydroxylation sites is 1. The van der Waals surface area contributed by atoms with E-state index in [2.05, 4.69) is 4.99 Å². The second kappa shape index (κ2) is 7.40. The van der Waals surface area contributed by atoms with Crippen molar-refractivity contribution in [3.63, 3.8) is 0 Å². The summed E-state index contributed by atoms with van der Waals surface area (Å²) in [6.07, 6.45) is 0.425. The van der Waals surface area contributed by atoms with Crippen LogP contribution < -0.4 is 9.47 Å². The van der Waals surface area contributed by atoms with Gasteiger partial charge in [0.25, 0.3) is 0 Å². The number of carbonyl (C=O) groups is 1. The molecule has 1 N–H and O–H groups in total. The highest BCUT2D eigenvalue weighted by Gasteiger charge is 2.17. The van der Waals surface area contributed by atoms with E-state index in [0.29, 0.717) is 17.0 Å². The van der Waals surface area contributed by atoms with Crippen molar-refractivity contribution < 1.29 is 23.8 Å². The molecule has 1 atom stereocenters. The van der Waals surface area contributed by atoms with E-state index in [1.54, 1.807) is 30.3 Å². The van der Waals surface area contributed by atoms with Gasteiger partial charge in [-0.3, -0.25) is 4.99 Å². The molecular formula is C17H16FNO4. The zero-order chi connectivity index (χ0) is 16.8. The van der Waals surface area contributed by atoms with Crippen molar-refractivity contribution in [2.45, 2.75) is 13.0 Å². The first-order valence-electron chi connectivity index (χ1n) is 6.87. The number of nitrogens with zero attached hydrogens (tertiary/aromatic N) is 1. The van der Waals surface area contributed by atoms with E-state index in [-0.39, 0.29) is 11.6 Å². The van der Waals surface area contributed by atoms with Gasteiger partial charge in [0.2, 0.25) is 0 Å². The van der Waals surface area contributed by atoms with E-state index in [9.17, 15) is 9.18 Å². The summed E-state index contributed by atoms with van der Waals surface area (Å²) in [5.41, 5.74) is 0.965. The Kier molecular flexibility index (Phi) is 5.30. The topological polar surface area (TPSA) is 68.1 Å². The quantitative estimate of drug-likeness (QED) is 0.829. The molecule has 0 amide bonds. The molecule has 2 aromatic carbocycles. The van der Waals surface area contributed by atoms with Crippen LogP contribution in [0.2, 0.25) is 0 Å². The highest BCUT2D eigenvalue weighted by molar-refractivity contribution is 5.87. The van der Waals surface area contributed by atoms with E-state index in [4.69, 9.17) is 14.6 Å². The van der Waals surface area contributed by atoms with Crippen molar-refractivity contribution in [3.8, 4) is 11.5 Å². The van der Waals surface area contributed by atoms with Crippen LogP contribution in [0.5, 0.6) is 11.5 Å². The van der Waals surface area contributed by atoms with E-state index in [0.717, 1.165) is 0 Å². The maximum atomic E-state index is 13.2. The molecule has 5 nitrogen and oxygen atoms in total. The molecule has 0 saturated carbocycles. The molecule has 23 heavy (non-hydrogen) atoms. The number of carboxylic acids is 1. The lowest BCUT2D eigenvalue weighted by atomic mass is 10.2. The van der Waals surface area contributed by atoms with Crippen LogP contribution in [0.4, 0.5) is 10.1 Å². The molecule has 0 aliphatic heterocycles. The number of methoxy groups -OCH3 is 1. The number of halogens is 1. The third kappa shape index (κ3) is 4.29. The average Bonchev–Trinajstić information content (AvgIpc) is 2.53. The van der Waals surface area contributed by atoms with Gasteiger partial charge >= 0.3 is 5.97 Å². The fourth-order valence-corrected chi connectivity index (χ4v) is 1.85. The molecule has 0 aromatic heterocycles. The van der Waals surface area contributed by atoms with E-state index in [1.807, 2.05) is 0 Å². The molecule has 0 aliphatic rings. The first-order valence-corrected chi connectivity index (χ1v) is 6.87. The minimum atomic E-state index is -1.09. The van der Waals surface area contributed by atoms with Gasteiger partial charge in [0, 0.05) is 11.8 Å². The van der Waals surface area contributed by atoms with E-state index < -0.39 is 12.1 Å². The first kappa shape index (κ1) is 16.5. The summed E-state index contributed by atoms with van der Waals surface area (Å²) >= 11 is 0. The minimum Gasteiger partial charge on any atom is -0.493 e. The summed E-state index contributed by atoms with van der Waals surface area (Å²) < 4.78 is 23.8. The van der Waals surface area contributed by atoms with Crippen molar-refractivity contribution in [3.05, 3.63) is 53.8 Å². The molecule has 0 saturated heterocycles. The van der Waals surface area contributed by atoms with Crippen LogP contribution in [0.25, 0.3) is 0 Å². The van der Waals surface area contributed by atoms with Crippen molar-refractivity contribution in [1.82, 2.24) is 0 Å². The lowest BCUT2D eigenvalue weighted by Crippen LogP contribution is -2.23. The Morgan fingerprint density at radius 2 is 2.04 bits per heavy atom. The maximum absolute atomic E-state index is 13.2. The Bertz CT molecular complexity index is 730. The summed E-state index contributed by atoms with van der Waals surface area (Å²) in [7, 11) is 1.46. The molecule has 0 bridgehead atoms. The predicted octanol–water partition coefficient (Wildman–Crippen LogP) is 3.44. The molecule has 2 rings (SSSR count). The zero-order valence-corrected chi connectivity index (χ0v) is 12.7. The van der Waals surface area contributed by atoms with Gasteiger partial charge in [0.15, 0.2) is 17.6 Å². The number of hydrogen-bond acceptors (Lipinski definition) is 4. The number of rotatable bonds is 6. The number of aliphatic imine (C=N–C) groups is 1. The number of benzene rings is 2. The van der Waals surface area contributed by atoms with Crippen LogP contribution >= 0.6 is 0 Å². The Morgan fingerprint density at radius 3 is 2.70 bits per heavy atom. The fraction of sp³-hybridized carbons (Fsp3) is 0.176. The molecular weight excluding hydrogens is 301 g/mol. The molecule has 0 radical (unpaired) electrons. The second-order valence-corrected chi connectivity index (χ2v) is 4.72. The van der Waals surface area contributed by atoms with Crippen LogP contribution in [0.1, 0.15) is 12.5 Å². The van der Waals surface area contributed by atoms with Crippen LogP contribution in [0.3, 0.4) is 0 Å². The third-order valence-corrected chi connectivity index (χ3v) is 3.03. The molecule has 2 aromatic rings. The number of hydrogen-bond donors (Lipinski definition) is 1. The van der Waals surface area contributed by atoms with Gasteiger partial charge < -0.3 is 14.6 Å². The van der Waals surface area contributed by atoms with Crippen LogP contribution in [-0.4, -0.2) is 30.5 Å². The summed E-state index contributed by atoms with van der Waals surface area (Å²) in [6.45, 7) is 1.42. The minimum absolute atomic E-state index is 0.269. The van der Waals surface area contributed by atoms with Gasteiger partial charge in [-0.1, -0.05) is 12.1 Å². The Morgan fingerprint density at radius 1 is 1.30 bits per heavy atom. The fourth-order valence-electron chi connectivity index (χ4n) is 1.85. The van der Waals surface area contributed by atoms with Gasteiger partial charge in [-0.05, 0) is 37.3 Å². The molecule has 120 valence electrons. The molecule has 0 spiro atoms. The summed E-state index contributed by atoms with van der Waals surface area (Å²) in [5, 5.41) is 9.00. The van der Waals surface area contributed by atoms with Gasteiger partial charge in [0.1, 0.15) is 5.82 Å². The Labute approximate surface area is 133 Å². The van der Waals surface area contributed by atoms with Gasteiger partial charge in [0.05, 0.1) is 12.8 Å². The summed E-state index contributed by atoms with van der Waals surface area (Å²) in [5.74, 6) is -0.823. The van der Waals surface area contributed by atoms with Crippen LogP contribution in [-0.2, 0) is 4.79 Å². The van der Waals surface area contributed by atoms with Crippen LogP contribution in [0.15, 0.2) is 47.5 Å².